The number of halogens is 1. The number of nitrogens with zero attached hydrogens (tertiary/aromatic N) is 2. The van der Waals surface area contributed by atoms with Crippen LogP contribution in [0.15, 0.2) is 59.7 Å². The molecule has 1 aromatic carbocycles. The number of aromatic amines is 1. The molecule has 0 radical (unpaired) electrons. The van der Waals surface area contributed by atoms with Gasteiger partial charge < -0.3 is 9.55 Å². The summed E-state index contributed by atoms with van der Waals surface area (Å²) in [6.07, 6.45) is 3.80. The van der Waals surface area contributed by atoms with Crippen molar-refractivity contribution in [3.05, 3.63) is 75.9 Å². The minimum atomic E-state index is -0.0844. The SMILES string of the molecule is O=c1ccc2cc(Cn3ccc4cnc(Cl)cc43)ccc2[nH]1. The average molecular weight is 310 g/mol. The first kappa shape index (κ1) is 13.1. The highest BCUT2D eigenvalue weighted by Crippen LogP contribution is 2.20. The second-order valence-electron chi connectivity index (χ2n) is 5.25. The molecule has 0 aliphatic carbocycles. The highest BCUT2D eigenvalue weighted by Gasteiger charge is 2.04. The standard InChI is InChI=1S/C17H12ClN3O/c18-16-8-15-13(9-19-16)5-6-21(15)10-11-1-3-14-12(7-11)2-4-17(22)20-14/h1-9H,10H2,(H,20,22). The lowest BCUT2D eigenvalue weighted by atomic mass is 10.1. The van der Waals surface area contributed by atoms with E-state index in [0.29, 0.717) is 5.15 Å². The zero-order valence-corrected chi connectivity index (χ0v) is 12.3. The molecule has 108 valence electrons. The molecule has 0 unspecified atom stereocenters. The Balaban J connectivity index is 1.77. The summed E-state index contributed by atoms with van der Waals surface area (Å²) in [7, 11) is 0. The summed E-state index contributed by atoms with van der Waals surface area (Å²) in [4.78, 5) is 18.2. The quantitative estimate of drug-likeness (QED) is 0.575. The van der Waals surface area contributed by atoms with E-state index in [1.54, 1.807) is 12.3 Å². The first-order valence-electron chi connectivity index (χ1n) is 6.91. The van der Waals surface area contributed by atoms with Crippen LogP contribution in [-0.2, 0) is 6.54 Å². The van der Waals surface area contributed by atoms with Crippen molar-refractivity contribution in [2.24, 2.45) is 0 Å². The van der Waals surface area contributed by atoms with Gasteiger partial charge in [0.15, 0.2) is 0 Å². The lowest BCUT2D eigenvalue weighted by Crippen LogP contribution is -2.03. The molecule has 0 saturated heterocycles. The second kappa shape index (κ2) is 5.00. The number of pyridine rings is 2. The Bertz CT molecular complexity index is 1050. The summed E-state index contributed by atoms with van der Waals surface area (Å²) in [5.41, 5.74) is 2.98. The van der Waals surface area contributed by atoms with Crippen LogP contribution in [0.3, 0.4) is 0 Å². The summed E-state index contributed by atoms with van der Waals surface area (Å²) in [5, 5.41) is 2.58. The monoisotopic (exact) mass is 309 g/mol. The molecule has 3 heterocycles. The fraction of sp³-hybridized carbons (Fsp3) is 0.0588. The molecule has 22 heavy (non-hydrogen) atoms. The van der Waals surface area contributed by atoms with E-state index >= 15 is 0 Å². The number of fused-ring (bicyclic) bond motifs is 2. The molecule has 3 aromatic heterocycles. The normalized spacial score (nSPS) is 11.3. The highest BCUT2D eigenvalue weighted by atomic mass is 35.5. The topological polar surface area (TPSA) is 50.7 Å². The number of hydrogen-bond donors (Lipinski definition) is 1. The maximum absolute atomic E-state index is 11.3. The third kappa shape index (κ3) is 2.27. The van der Waals surface area contributed by atoms with Gasteiger partial charge in [-0.2, -0.15) is 0 Å². The predicted molar refractivity (Wildman–Crippen MR) is 88.4 cm³/mol. The van der Waals surface area contributed by atoms with Gasteiger partial charge in [-0.3, -0.25) is 4.79 Å². The van der Waals surface area contributed by atoms with Crippen molar-refractivity contribution in [2.45, 2.75) is 6.54 Å². The van der Waals surface area contributed by atoms with Gasteiger partial charge in [-0.05, 0) is 41.3 Å². The Labute approximate surface area is 131 Å². The second-order valence-corrected chi connectivity index (χ2v) is 5.64. The Morgan fingerprint density at radius 3 is 2.91 bits per heavy atom. The lowest BCUT2D eigenvalue weighted by Gasteiger charge is -2.07. The van der Waals surface area contributed by atoms with Crippen molar-refractivity contribution in [1.29, 1.82) is 0 Å². The van der Waals surface area contributed by atoms with E-state index in [0.717, 1.165) is 33.9 Å². The number of nitrogens with one attached hydrogen (secondary N) is 1. The minimum Gasteiger partial charge on any atom is -0.343 e. The van der Waals surface area contributed by atoms with Gasteiger partial charge in [-0.15, -0.1) is 0 Å². The molecule has 0 saturated carbocycles. The van der Waals surface area contributed by atoms with Crippen molar-refractivity contribution in [3.63, 3.8) is 0 Å². The zero-order chi connectivity index (χ0) is 15.1. The van der Waals surface area contributed by atoms with E-state index in [-0.39, 0.29) is 5.56 Å². The van der Waals surface area contributed by atoms with E-state index in [4.69, 9.17) is 11.6 Å². The van der Waals surface area contributed by atoms with Gasteiger partial charge >= 0.3 is 0 Å². The van der Waals surface area contributed by atoms with Crippen LogP contribution < -0.4 is 5.56 Å². The van der Waals surface area contributed by atoms with Gasteiger partial charge in [0.25, 0.3) is 0 Å². The molecule has 0 atom stereocenters. The molecule has 0 bridgehead atoms. The Kier molecular flexibility index (Phi) is 2.98. The van der Waals surface area contributed by atoms with Crippen molar-refractivity contribution in [2.75, 3.05) is 0 Å². The van der Waals surface area contributed by atoms with Crippen molar-refractivity contribution < 1.29 is 0 Å². The summed E-state index contributed by atoms with van der Waals surface area (Å²) >= 11 is 5.99. The molecular weight excluding hydrogens is 298 g/mol. The Morgan fingerprint density at radius 1 is 1.09 bits per heavy atom. The largest absolute Gasteiger partial charge is 0.343 e. The van der Waals surface area contributed by atoms with E-state index in [1.165, 1.54) is 0 Å². The van der Waals surface area contributed by atoms with E-state index in [1.807, 2.05) is 36.5 Å². The molecule has 0 spiro atoms. The molecule has 0 aliphatic rings. The molecule has 0 amide bonds. The smallest absolute Gasteiger partial charge is 0.248 e. The summed E-state index contributed by atoms with van der Waals surface area (Å²) in [6.45, 7) is 0.735. The number of hydrogen-bond acceptors (Lipinski definition) is 2. The number of H-pyrrole nitrogens is 1. The summed E-state index contributed by atoms with van der Waals surface area (Å²) < 4.78 is 2.13. The summed E-state index contributed by atoms with van der Waals surface area (Å²) in [6, 6.07) is 13.3. The van der Waals surface area contributed by atoms with Gasteiger partial charge in [0.2, 0.25) is 5.56 Å². The molecule has 4 rings (SSSR count). The van der Waals surface area contributed by atoms with Crippen LogP contribution in [-0.4, -0.2) is 14.5 Å². The minimum absolute atomic E-state index is 0.0844. The third-order valence-electron chi connectivity index (χ3n) is 3.76. The van der Waals surface area contributed by atoms with Gasteiger partial charge in [-0.25, -0.2) is 4.98 Å². The van der Waals surface area contributed by atoms with E-state index in [9.17, 15) is 4.79 Å². The zero-order valence-electron chi connectivity index (χ0n) is 11.6. The first-order chi connectivity index (χ1) is 10.7. The van der Waals surface area contributed by atoms with Gasteiger partial charge in [0.05, 0.1) is 5.52 Å². The fourth-order valence-electron chi connectivity index (χ4n) is 2.70. The molecule has 1 N–H and O–H groups in total. The lowest BCUT2D eigenvalue weighted by molar-refractivity contribution is 0.837. The Hall–Kier alpha value is -2.59. The molecule has 4 aromatic rings. The van der Waals surface area contributed by atoms with Crippen LogP contribution in [0.25, 0.3) is 21.8 Å². The third-order valence-corrected chi connectivity index (χ3v) is 3.97. The van der Waals surface area contributed by atoms with Crippen LogP contribution in [0.5, 0.6) is 0 Å². The van der Waals surface area contributed by atoms with Crippen molar-refractivity contribution in [3.8, 4) is 0 Å². The van der Waals surface area contributed by atoms with Crippen LogP contribution in [0.2, 0.25) is 5.15 Å². The Morgan fingerprint density at radius 2 is 2.00 bits per heavy atom. The first-order valence-corrected chi connectivity index (χ1v) is 7.29. The molecular formula is C17H12ClN3O. The van der Waals surface area contributed by atoms with Crippen molar-refractivity contribution in [1.82, 2.24) is 14.5 Å². The van der Waals surface area contributed by atoms with Gasteiger partial charge in [0.1, 0.15) is 5.15 Å². The van der Waals surface area contributed by atoms with E-state index < -0.39 is 0 Å². The predicted octanol–water partition coefficient (Wildman–Crippen LogP) is 3.58. The maximum atomic E-state index is 11.3. The van der Waals surface area contributed by atoms with Crippen LogP contribution in [0, 0.1) is 0 Å². The van der Waals surface area contributed by atoms with Crippen molar-refractivity contribution >= 4 is 33.4 Å². The van der Waals surface area contributed by atoms with Crippen LogP contribution in [0.1, 0.15) is 5.56 Å². The fourth-order valence-corrected chi connectivity index (χ4v) is 2.85. The average Bonchev–Trinajstić information content (AvgIpc) is 2.90. The molecule has 5 heteroatoms. The molecule has 0 aliphatic heterocycles. The van der Waals surface area contributed by atoms with Crippen LogP contribution >= 0.6 is 11.6 Å². The number of rotatable bonds is 2. The van der Waals surface area contributed by atoms with Gasteiger partial charge in [-0.1, -0.05) is 17.7 Å². The summed E-state index contributed by atoms with van der Waals surface area (Å²) in [5.74, 6) is 0. The highest BCUT2D eigenvalue weighted by molar-refractivity contribution is 6.30. The van der Waals surface area contributed by atoms with Crippen LogP contribution in [0.4, 0.5) is 0 Å². The van der Waals surface area contributed by atoms with E-state index in [2.05, 4.69) is 20.6 Å². The number of aromatic nitrogens is 3. The maximum Gasteiger partial charge on any atom is 0.248 e. The van der Waals surface area contributed by atoms with Gasteiger partial charge in [0, 0.05) is 35.9 Å². The molecule has 4 nitrogen and oxygen atoms in total. The number of benzene rings is 1. The molecule has 0 fully saturated rings.